The maximum absolute atomic E-state index is 11.9. The molecule has 0 bridgehead atoms. The minimum atomic E-state index is 0.170. The first-order valence-electron chi connectivity index (χ1n) is 6.50. The van der Waals surface area contributed by atoms with Gasteiger partial charge in [-0.05, 0) is 37.8 Å². The number of benzene rings is 1. The number of hydrogen-bond donors (Lipinski definition) is 1. The van der Waals surface area contributed by atoms with E-state index in [1.165, 1.54) is 24.0 Å². The van der Waals surface area contributed by atoms with E-state index in [4.69, 9.17) is 0 Å². The van der Waals surface area contributed by atoms with E-state index >= 15 is 0 Å². The van der Waals surface area contributed by atoms with Crippen molar-refractivity contribution in [2.24, 2.45) is 0 Å². The number of aryl methyl sites for hydroxylation is 2. The fourth-order valence-electron chi connectivity index (χ4n) is 2.57. The van der Waals surface area contributed by atoms with Crippen molar-refractivity contribution in [3.8, 4) is 0 Å². The molecule has 92 valence electrons. The Bertz CT molecular complexity index is 405. The summed E-state index contributed by atoms with van der Waals surface area (Å²) in [5, 5.41) is 3.13. The van der Waals surface area contributed by atoms with Gasteiger partial charge >= 0.3 is 0 Å². The lowest BCUT2D eigenvalue weighted by molar-refractivity contribution is -0.121. The number of hydrogen-bond acceptors (Lipinski definition) is 1. The Labute approximate surface area is 103 Å². The molecule has 0 aromatic heterocycles. The monoisotopic (exact) mass is 231 g/mol. The van der Waals surface area contributed by atoms with Crippen molar-refractivity contribution in [2.45, 2.75) is 52.0 Å². The summed E-state index contributed by atoms with van der Waals surface area (Å²) in [6.45, 7) is 4.15. The van der Waals surface area contributed by atoms with Gasteiger partial charge in [-0.15, -0.1) is 0 Å². The van der Waals surface area contributed by atoms with Gasteiger partial charge in [-0.25, -0.2) is 0 Å². The lowest BCUT2D eigenvalue weighted by Crippen LogP contribution is -2.33. The van der Waals surface area contributed by atoms with Crippen LogP contribution in [0.2, 0.25) is 0 Å². The van der Waals surface area contributed by atoms with Crippen LogP contribution in [0.3, 0.4) is 0 Å². The number of carbonyl (C=O) groups excluding carboxylic acids is 1. The van der Waals surface area contributed by atoms with Crippen molar-refractivity contribution in [3.05, 3.63) is 34.9 Å². The summed E-state index contributed by atoms with van der Waals surface area (Å²) < 4.78 is 0. The normalized spacial score (nSPS) is 16.1. The van der Waals surface area contributed by atoms with E-state index in [0.717, 1.165) is 18.4 Å². The van der Waals surface area contributed by atoms with Crippen LogP contribution in [0, 0.1) is 13.8 Å². The van der Waals surface area contributed by atoms with Gasteiger partial charge in [0.05, 0.1) is 6.42 Å². The predicted molar refractivity (Wildman–Crippen MR) is 70.0 cm³/mol. The van der Waals surface area contributed by atoms with Gasteiger partial charge in [-0.2, -0.15) is 0 Å². The fraction of sp³-hybridized carbons (Fsp3) is 0.533. The van der Waals surface area contributed by atoms with Crippen LogP contribution < -0.4 is 5.32 Å². The minimum absolute atomic E-state index is 0.170. The molecule has 2 heteroatoms. The highest BCUT2D eigenvalue weighted by Crippen LogP contribution is 2.18. The summed E-state index contributed by atoms with van der Waals surface area (Å²) >= 11 is 0. The van der Waals surface area contributed by atoms with Crippen LogP contribution in [-0.2, 0) is 11.2 Å². The third-order valence-corrected chi connectivity index (χ3v) is 3.57. The molecule has 0 heterocycles. The van der Waals surface area contributed by atoms with Crippen LogP contribution in [0.4, 0.5) is 0 Å². The molecule has 1 fully saturated rings. The Kier molecular flexibility index (Phi) is 3.82. The number of nitrogens with one attached hydrogen (secondary N) is 1. The second kappa shape index (κ2) is 5.35. The minimum Gasteiger partial charge on any atom is -0.353 e. The van der Waals surface area contributed by atoms with E-state index in [-0.39, 0.29) is 5.91 Å². The molecule has 1 amide bonds. The highest BCUT2D eigenvalue weighted by atomic mass is 16.1. The Balaban J connectivity index is 1.93. The summed E-state index contributed by atoms with van der Waals surface area (Å²) in [7, 11) is 0. The fourth-order valence-corrected chi connectivity index (χ4v) is 2.57. The molecule has 17 heavy (non-hydrogen) atoms. The van der Waals surface area contributed by atoms with Crippen molar-refractivity contribution >= 4 is 5.91 Å². The molecule has 0 saturated heterocycles. The number of carbonyl (C=O) groups is 1. The van der Waals surface area contributed by atoms with E-state index in [1.807, 2.05) is 0 Å². The van der Waals surface area contributed by atoms with Gasteiger partial charge in [-0.3, -0.25) is 4.79 Å². The molecule has 1 N–H and O–H groups in total. The van der Waals surface area contributed by atoms with Crippen molar-refractivity contribution in [3.63, 3.8) is 0 Å². The highest BCUT2D eigenvalue weighted by molar-refractivity contribution is 5.79. The van der Waals surface area contributed by atoms with Crippen LogP contribution >= 0.6 is 0 Å². The van der Waals surface area contributed by atoms with Crippen LogP contribution in [0.15, 0.2) is 18.2 Å². The number of rotatable bonds is 3. The molecule has 0 unspecified atom stereocenters. The van der Waals surface area contributed by atoms with Gasteiger partial charge in [0.1, 0.15) is 0 Å². The van der Waals surface area contributed by atoms with Gasteiger partial charge in [0.25, 0.3) is 0 Å². The third-order valence-electron chi connectivity index (χ3n) is 3.57. The average Bonchev–Trinajstić information content (AvgIpc) is 2.75. The van der Waals surface area contributed by atoms with Gasteiger partial charge in [0.2, 0.25) is 5.91 Å². The van der Waals surface area contributed by atoms with E-state index in [0.29, 0.717) is 12.5 Å². The van der Waals surface area contributed by atoms with E-state index in [2.05, 4.69) is 37.4 Å². The molecule has 0 radical (unpaired) electrons. The molecular formula is C15H21NO. The smallest absolute Gasteiger partial charge is 0.224 e. The molecule has 1 saturated carbocycles. The zero-order valence-electron chi connectivity index (χ0n) is 10.8. The van der Waals surface area contributed by atoms with Crippen LogP contribution in [0.25, 0.3) is 0 Å². The van der Waals surface area contributed by atoms with Gasteiger partial charge in [0.15, 0.2) is 0 Å². The SMILES string of the molecule is Cc1ccc(CC(=O)NC2CCCC2)c(C)c1. The van der Waals surface area contributed by atoms with Crippen molar-refractivity contribution < 1.29 is 4.79 Å². The topological polar surface area (TPSA) is 29.1 Å². The van der Waals surface area contributed by atoms with Crippen molar-refractivity contribution in [1.29, 1.82) is 0 Å². The van der Waals surface area contributed by atoms with Crippen LogP contribution in [0.5, 0.6) is 0 Å². The van der Waals surface area contributed by atoms with E-state index in [1.54, 1.807) is 0 Å². The summed E-state index contributed by atoms with van der Waals surface area (Å²) in [5.74, 6) is 0.170. The Hall–Kier alpha value is -1.31. The highest BCUT2D eigenvalue weighted by Gasteiger charge is 2.17. The first kappa shape index (κ1) is 12.2. The molecular weight excluding hydrogens is 210 g/mol. The quantitative estimate of drug-likeness (QED) is 0.851. The second-order valence-corrected chi connectivity index (χ2v) is 5.16. The second-order valence-electron chi connectivity index (χ2n) is 5.16. The molecule has 0 spiro atoms. The van der Waals surface area contributed by atoms with Crippen LogP contribution in [-0.4, -0.2) is 11.9 Å². The van der Waals surface area contributed by atoms with Crippen molar-refractivity contribution in [2.75, 3.05) is 0 Å². The van der Waals surface area contributed by atoms with Crippen molar-refractivity contribution in [1.82, 2.24) is 5.32 Å². The average molecular weight is 231 g/mol. The Morgan fingerprint density at radius 1 is 1.29 bits per heavy atom. The predicted octanol–water partition coefficient (Wildman–Crippen LogP) is 2.90. The zero-order chi connectivity index (χ0) is 12.3. The standard InChI is InChI=1S/C15H21NO/c1-11-7-8-13(12(2)9-11)10-15(17)16-14-5-3-4-6-14/h7-9,14H,3-6,10H2,1-2H3,(H,16,17). The molecule has 1 aliphatic carbocycles. The summed E-state index contributed by atoms with van der Waals surface area (Å²) in [6.07, 6.45) is 5.34. The third kappa shape index (κ3) is 3.32. The van der Waals surface area contributed by atoms with Gasteiger partial charge in [0, 0.05) is 6.04 Å². The van der Waals surface area contributed by atoms with E-state index < -0.39 is 0 Å². The molecule has 2 nitrogen and oxygen atoms in total. The summed E-state index contributed by atoms with van der Waals surface area (Å²) in [6, 6.07) is 6.70. The lowest BCUT2D eigenvalue weighted by Gasteiger charge is -2.13. The first-order chi connectivity index (χ1) is 8.15. The van der Waals surface area contributed by atoms with Crippen LogP contribution in [0.1, 0.15) is 42.4 Å². The van der Waals surface area contributed by atoms with E-state index in [9.17, 15) is 4.79 Å². The maximum Gasteiger partial charge on any atom is 0.224 e. The number of amides is 1. The van der Waals surface area contributed by atoms with Gasteiger partial charge in [-0.1, -0.05) is 36.6 Å². The Morgan fingerprint density at radius 2 is 2.00 bits per heavy atom. The lowest BCUT2D eigenvalue weighted by atomic mass is 10.0. The molecule has 2 rings (SSSR count). The molecule has 1 aromatic carbocycles. The molecule has 1 aromatic rings. The zero-order valence-corrected chi connectivity index (χ0v) is 10.8. The summed E-state index contributed by atoms with van der Waals surface area (Å²) in [5.41, 5.74) is 3.61. The first-order valence-corrected chi connectivity index (χ1v) is 6.50. The molecule has 0 atom stereocenters. The maximum atomic E-state index is 11.9. The summed E-state index contributed by atoms with van der Waals surface area (Å²) in [4.78, 5) is 11.9. The molecule has 0 aliphatic heterocycles. The largest absolute Gasteiger partial charge is 0.353 e. The Morgan fingerprint density at radius 3 is 2.65 bits per heavy atom. The van der Waals surface area contributed by atoms with Gasteiger partial charge < -0.3 is 5.32 Å². The molecule has 1 aliphatic rings.